The SMILES string of the molecule is Br.CCCCCCCCCP.CN(C)C. The van der Waals surface area contributed by atoms with Crippen molar-refractivity contribution in [2.75, 3.05) is 27.3 Å². The molecule has 0 spiro atoms. The summed E-state index contributed by atoms with van der Waals surface area (Å²) in [6.45, 7) is 2.27. The summed E-state index contributed by atoms with van der Waals surface area (Å²) in [6.07, 6.45) is 11.3. The highest BCUT2D eigenvalue weighted by atomic mass is 79.9. The van der Waals surface area contributed by atoms with Gasteiger partial charge in [-0.3, -0.25) is 0 Å². The minimum atomic E-state index is 0. The van der Waals surface area contributed by atoms with Crippen LogP contribution >= 0.6 is 26.2 Å². The molecule has 0 rings (SSSR count). The number of halogens is 1. The van der Waals surface area contributed by atoms with Gasteiger partial charge in [0.15, 0.2) is 0 Å². The summed E-state index contributed by atoms with van der Waals surface area (Å²) in [5.74, 6) is 0. The Morgan fingerprint density at radius 1 is 0.800 bits per heavy atom. The van der Waals surface area contributed by atoms with Crippen LogP contribution in [0.3, 0.4) is 0 Å². The van der Waals surface area contributed by atoms with Crippen molar-refractivity contribution in [1.29, 1.82) is 0 Å². The van der Waals surface area contributed by atoms with Gasteiger partial charge >= 0.3 is 0 Å². The molecule has 0 radical (unpaired) electrons. The van der Waals surface area contributed by atoms with E-state index in [1.807, 2.05) is 26.0 Å². The largest absolute Gasteiger partial charge is 0.312 e. The molecular weight excluding hydrogens is 269 g/mol. The molecule has 1 atom stereocenters. The van der Waals surface area contributed by atoms with E-state index < -0.39 is 0 Å². The topological polar surface area (TPSA) is 3.24 Å². The molecule has 1 unspecified atom stereocenters. The molecule has 3 heteroatoms. The van der Waals surface area contributed by atoms with Crippen LogP contribution in [-0.4, -0.2) is 32.2 Å². The van der Waals surface area contributed by atoms with Crippen LogP contribution in [0.2, 0.25) is 0 Å². The van der Waals surface area contributed by atoms with E-state index >= 15 is 0 Å². The van der Waals surface area contributed by atoms with Gasteiger partial charge in [0, 0.05) is 0 Å². The van der Waals surface area contributed by atoms with Crippen LogP contribution in [0.25, 0.3) is 0 Å². The third-order valence-electron chi connectivity index (χ3n) is 1.81. The first-order valence-corrected chi connectivity index (χ1v) is 6.77. The summed E-state index contributed by atoms with van der Waals surface area (Å²) >= 11 is 0. The number of hydrogen-bond donors (Lipinski definition) is 0. The predicted octanol–water partition coefficient (Wildman–Crippen LogP) is 4.37. The van der Waals surface area contributed by atoms with Crippen LogP contribution in [0.1, 0.15) is 51.9 Å². The summed E-state index contributed by atoms with van der Waals surface area (Å²) < 4.78 is 0. The number of rotatable bonds is 7. The van der Waals surface area contributed by atoms with E-state index in [1.165, 1.54) is 51.1 Å². The highest BCUT2D eigenvalue weighted by molar-refractivity contribution is 8.93. The fourth-order valence-corrected chi connectivity index (χ4v) is 1.39. The van der Waals surface area contributed by atoms with Gasteiger partial charge in [-0.2, -0.15) is 0 Å². The van der Waals surface area contributed by atoms with Crippen LogP contribution < -0.4 is 0 Å². The summed E-state index contributed by atoms with van der Waals surface area (Å²) in [7, 11) is 8.79. The van der Waals surface area contributed by atoms with E-state index in [0.29, 0.717) is 0 Å². The molecule has 0 fully saturated rings. The lowest BCUT2D eigenvalue weighted by Gasteiger charge is -1.97. The van der Waals surface area contributed by atoms with Gasteiger partial charge in [-0.15, -0.1) is 26.2 Å². The molecule has 0 bridgehead atoms. The second-order valence-electron chi connectivity index (χ2n) is 4.25. The van der Waals surface area contributed by atoms with Crippen molar-refractivity contribution >= 4 is 26.2 Å². The summed E-state index contributed by atoms with van der Waals surface area (Å²) in [4.78, 5) is 2.00. The Balaban J connectivity index is -0.000000249. The summed E-state index contributed by atoms with van der Waals surface area (Å²) in [5.41, 5.74) is 0. The Morgan fingerprint density at radius 2 is 1.13 bits per heavy atom. The van der Waals surface area contributed by atoms with E-state index in [1.54, 1.807) is 0 Å². The molecule has 0 amide bonds. The first kappa shape index (κ1) is 21.2. The maximum atomic E-state index is 2.79. The first-order chi connectivity index (χ1) is 6.65. The van der Waals surface area contributed by atoms with Crippen LogP contribution in [0, 0.1) is 0 Å². The van der Waals surface area contributed by atoms with E-state index in [0.717, 1.165) is 0 Å². The zero-order valence-corrected chi connectivity index (χ0v) is 14.0. The smallest absolute Gasteiger partial charge is 0.0140 e. The minimum absolute atomic E-state index is 0. The van der Waals surface area contributed by atoms with Gasteiger partial charge in [-0.25, -0.2) is 0 Å². The van der Waals surface area contributed by atoms with Crippen molar-refractivity contribution in [3.63, 3.8) is 0 Å². The van der Waals surface area contributed by atoms with E-state index in [-0.39, 0.29) is 17.0 Å². The zero-order valence-electron chi connectivity index (χ0n) is 11.1. The maximum absolute atomic E-state index is 2.79. The molecule has 0 saturated carbocycles. The molecule has 0 aliphatic rings. The molecule has 0 aromatic carbocycles. The molecule has 0 saturated heterocycles. The number of nitrogens with zero attached hydrogens (tertiary/aromatic N) is 1. The highest BCUT2D eigenvalue weighted by Crippen LogP contribution is 2.07. The van der Waals surface area contributed by atoms with Crippen LogP contribution in [0.5, 0.6) is 0 Å². The summed E-state index contributed by atoms with van der Waals surface area (Å²) in [5, 5.41) is 0. The lowest BCUT2D eigenvalue weighted by atomic mass is 10.1. The Hall–Kier alpha value is 0.870. The molecule has 15 heavy (non-hydrogen) atoms. The molecule has 0 aliphatic heterocycles. The standard InChI is InChI=1S/C9H21P.C3H9N.BrH/c1-2-3-4-5-6-7-8-9-10;1-4(2)3;/h2-10H2,1H3;1-3H3;1H. The lowest BCUT2D eigenvalue weighted by Crippen LogP contribution is -1.99. The molecule has 0 heterocycles. The van der Waals surface area contributed by atoms with Crippen LogP contribution in [0.4, 0.5) is 0 Å². The highest BCUT2D eigenvalue weighted by Gasteiger charge is 1.87. The van der Waals surface area contributed by atoms with Crippen molar-refractivity contribution < 1.29 is 0 Å². The van der Waals surface area contributed by atoms with Gasteiger partial charge < -0.3 is 4.90 Å². The average Bonchev–Trinajstić information content (AvgIpc) is 2.10. The van der Waals surface area contributed by atoms with Crippen LogP contribution in [0.15, 0.2) is 0 Å². The maximum Gasteiger partial charge on any atom is -0.0140 e. The number of unbranched alkanes of at least 4 members (excludes halogenated alkanes) is 6. The average molecular weight is 300 g/mol. The van der Waals surface area contributed by atoms with E-state index in [2.05, 4.69) is 16.2 Å². The molecular formula is C12H31BrNP. The van der Waals surface area contributed by atoms with Crippen molar-refractivity contribution in [3.8, 4) is 0 Å². The van der Waals surface area contributed by atoms with Gasteiger partial charge in [-0.05, 0) is 33.7 Å². The normalized spacial score (nSPS) is 9.20. The third kappa shape index (κ3) is 39.8. The quantitative estimate of drug-likeness (QED) is 0.498. The Labute approximate surface area is 110 Å². The zero-order chi connectivity index (χ0) is 11.2. The van der Waals surface area contributed by atoms with E-state index in [4.69, 9.17) is 0 Å². The first-order valence-electron chi connectivity index (χ1n) is 5.96. The fourth-order valence-electron chi connectivity index (χ4n) is 1.10. The molecule has 0 aliphatic carbocycles. The van der Waals surface area contributed by atoms with Crippen molar-refractivity contribution in [3.05, 3.63) is 0 Å². The second kappa shape index (κ2) is 20.3. The van der Waals surface area contributed by atoms with Gasteiger partial charge in [0.05, 0.1) is 0 Å². The van der Waals surface area contributed by atoms with Gasteiger partial charge in [-0.1, -0.05) is 45.4 Å². The summed E-state index contributed by atoms with van der Waals surface area (Å²) in [6, 6.07) is 0. The Bertz CT molecular complexity index is 78.9. The van der Waals surface area contributed by atoms with Gasteiger partial charge in [0.2, 0.25) is 0 Å². The lowest BCUT2D eigenvalue weighted by molar-refractivity contribution is 0.505. The number of hydrogen-bond acceptors (Lipinski definition) is 1. The van der Waals surface area contributed by atoms with Gasteiger partial charge in [0.25, 0.3) is 0 Å². The molecule has 0 N–H and O–H groups in total. The van der Waals surface area contributed by atoms with Crippen molar-refractivity contribution in [1.82, 2.24) is 4.90 Å². The van der Waals surface area contributed by atoms with E-state index in [9.17, 15) is 0 Å². The third-order valence-corrected chi connectivity index (χ3v) is 2.22. The molecule has 0 aromatic rings. The Morgan fingerprint density at radius 3 is 1.47 bits per heavy atom. The van der Waals surface area contributed by atoms with Crippen molar-refractivity contribution in [2.24, 2.45) is 0 Å². The molecule has 0 aromatic heterocycles. The predicted molar refractivity (Wildman–Crippen MR) is 82.5 cm³/mol. The molecule has 96 valence electrons. The van der Waals surface area contributed by atoms with Crippen molar-refractivity contribution in [2.45, 2.75) is 51.9 Å². The van der Waals surface area contributed by atoms with Gasteiger partial charge in [0.1, 0.15) is 0 Å². The monoisotopic (exact) mass is 299 g/mol. The Kier molecular flexibility index (Phi) is 28.7. The minimum Gasteiger partial charge on any atom is -0.312 e. The molecule has 1 nitrogen and oxygen atoms in total. The fraction of sp³-hybridized carbons (Fsp3) is 1.00. The van der Waals surface area contributed by atoms with Crippen LogP contribution in [-0.2, 0) is 0 Å². The second-order valence-corrected chi connectivity index (χ2v) is 4.83.